The van der Waals surface area contributed by atoms with Crippen LogP contribution in [0, 0.1) is 13.8 Å². The molecule has 0 saturated heterocycles. The molecule has 11 heteroatoms. The minimum atomic E-state index is -3.54. The number of carbonyl (C=O) groups is 1. The average molecular weight is 526 g/mol. The number of hydrazone groups is 1. The van der Waals surface area contributed by atoms with Gasteiger partial charge in [0.25, 0.3) is 0 Å². The average Bonchev–Trinajstić information content (AvgIpc) is 3.17. The molecule has 1 aliphatic rings. The molecule has 0 saturated carbocycles. The van der Waals surface area contributed by atoms with E-state index in [1.807, 2.05) is 26.0 Å². The maximum absolute atomic E-state index is 12.4. The summed E-state index contributed by atoms with van der Waals surface area (Å²) in [7, 11) is 0.819. The Morgan fingerprint density at radius 3 is 2.47 bits per heavy atom. The number of methoxy groups -OCH3 is 1. The van der Waals surface area contributed by atoms with Crippen LogP contribution in [0.1, 0.15) is 27.3 Å². The first kappa shape index (κ1) is 25.7. The summed E-state index contributed by atoms with van der Waals surface area (Å²) in [4.78, 5) is 16.5. The summed E-state index contributed by atoms with van der Waals surface area (Å²) in [6, 6.07) is 15.9. The van der Waals surface area contributed by atoms with Gasteiger partial charge < -0.3 is 9.30 Å². The summed E-state index contributed by atoms with van der Waals surface area (Å²) >= 11 is 1.50. The summed E-state index contributed by atoms with van der Waals surface area (Å²) in [6.07, 6.45) is 0. The molecule has 4 rings (SSSR count). The highest BCUT2D eigenvalue weighted by Crippen LogP contribution is 2.26. The van der Waals surface area contributed by atoms with E-state index in [2.05, 4.69) is 26.2 Å². The molecule has 0 bridgehead atoms. The van der Waals surface area contributed by atoms with E-state index in [4.69, 9.17) is 4.74 Å². The van der Waals surface area contributed by atoms with Crippen molar-refractivity contribution >= 4 is 44.3 Å². The number of hydrogen-bond acceptors (Lipinski definition) is 7. The van der Waals surface area contributed by atoms with Gasteiger partial charge in [-0.05, 0) is 62.4 Å². The summed E-state index contributed by atoms with van der Waals surface area (Å²) in [6.45, 7) is 4.06. The van der Waals surface area contributed by atoms with Crippen LogP contribution in [0.5, 0.6) is 0 Å². The van der Waals surface area contributed by atoms with E-state index in [1.54, 1.807) is 36.4 Å². The first-order chi connectivity index (χ1) is 17.1. The number of nitrogens with one attached hydrogen (secondary N) is 1. The zero-order chi connectivity index (χ0) is 26.0. The quantitative estimate of drug-likeness (QED) is 0.490. The normalized spacial score (nSPS) is 15.1. The lowest BCUT2D eigenvalue weighted by molar-refractivity contribution is 0.0600. The van der Waals surface area contributed by atoms with E-state index >= 15 is 0 Å². The Kier molecular flexibility index (Phi) is 7.34. The number of aliphatic imine (C=N–C) groups is 1. The largest absolute Gasteiger partial charge is 0.465 e. The van der Waals surface area contributed by atoms with Gasteiger partial charge in [0.05, 0.1) is 29.0 Å². The van der Waals surface area contributed by atoms with E-state index in [0.29, 0.717) is 22.2 Å². The maximum Gasteiger partial charge on any atom is 0.337 e. The molecule has 2 heterocycles. The summed E-state index contributed by atoms with van der Waals surface area (Å²) in [5.74, 6) is 0.235. The van der Waals surface area contributed by atoms with Crippen molar-refractivity contribution in [2.75, 3.05) is 27.0 Å². The maximum atomic E-state index is 12.4. The number of benzene rings is 2. The monoisotopic (exact) mass is 525 g/mol. The number of hydrogen-bond donors (Lipinski definition) is 1. The van der Waals surface area contributed by atoms with Gasteiger partial charge >= 0.3 is 5.97 Å². The Balaban J connectivity index is 1.56. The lowest BCUT2D eigenvalue weighted by Gasteiger charge is -2.16. The molecule has 0 atom stereocenters. The van der Waals surface area contributed by atoms with Gasteiger partial charge in [-0.1, -0.05) is 17.8 Å². The summed E-state index contributed by atoms with van der Waals surface area (Å²) in [5.41, 5.74) is 8.94. The molecule has 1 aromatic heterocycles. The molecule has 0 fully saturated rings. The third-order valence-electron chi connectivity index (χ3n) is 5.75. The van der Waals surface area contributed by atoms with Gasteiger partial charge in [-0.2, -0.15) is 5.10 Å². The van der Waals surface area contributed by atoms with Gasteiger partial charge in [0, 0.05) is 42.5 Å². The molecule has 0 spiro atoms. The molecule has 0 aliphatic carbocycles. The Labute approximate surface area is 214 Å². The second-order valence-electron chi connectivity index (χ2n) is 8.32. The standard InChI is InChI=1S/C25H27N5O4S2/c1-16-13-22(17(2)30(16)20-11-9-18(10-12-20)24(31)34-5)23-15-35-25(28-27-23)26-19-7-6-8-21(14-19)36(32,33)29(3)4/h6-14H,15H2,1-5H3,(H,26,28). The van der Waals surface area contributed by atoms with Crippen LogP contribution in [0.25, 0.3) is 5.69 Å². The fraction of sp³-hybridized carbons (Fsp3) is 0.240. The van der Waals surface area contributed by atoms with E-state index in [1.165, 1.54) is 37.3 Å². The van der Waals surface area contributed by atoms with Gasteiger partial charge in [0.2, 0.25) is 10.0 Å². The van der Waals surface area contributed by atoms with E-state index in [-0.39, 0.29) is 10.9 Å². The van der Waals surface area contributed by atoms with Crippen LogP contribution in [-0.2, 0) is 14.8 Å². The van der Waals surface area contributed by atoms with Crippen molar-refractivity contribution in [2.24, 2.45) is 10.1 Å². The second kappa shape index (κ2) is 10.3. The van der Waals surface area contributed by atoms with Crippen molar-refractivity contribution in [1.29, 1.82) is 0 Å². The van der Waals surface area contributed by atoms with Crippen molar-refractivity contribution in [3.8, 4) is 5.69 Å². The molecule has 188 valence electrons. The summed E-state index contributed by atoms with van der Waals surface area (Å²) < 4.78 is 32.9. The van der Waals surface area contributed by atoms with Crippen molar-refractivity contribution in [3.05, 3.63) is 77.1 Å². The zero-order valence-corrected chi connectivity index (χ0v) is 22.3. The molecule has 9 nitrogen and oxygen atoms in total. The number of rotatable bonds is 6. The molecule has 36 heavy (non-hydrogen) atoms. The number of thioether (sulfide) groups is 1. The number of aromatic nitrogens is 1. The fourth-order valence-corrected chi connectivity index (χ4v) is 5.59. The van der Waals surface area contributed by atoms with Crippen LogP contribution in [0.4, 0.5) is 5.69 Å². The number of ether oxygens (including phenoxy) is 1. The van der Waals surface area contributed by atoms with E-state index in [0.717, 1.165) is 28.4 Å². The third kappa shape index (κ3) is 5.08. The van der Waals surface area contributed by atoms with Gasteiger partial charge in [-0.3, -0.25) is 5.43 Å². The highest BCUT2D eigenvalue weighted by molar-refractivity contribution is 8.14. The molecule has 3 aromatic rings. The second-order valence-corrected chi connectivity index (χ2v) is 11.4. The molecular formula is C25H27N5O4S2. The number of sulfonamides is 1. The number of esters is 1. The molecular weight excluding hydrogens is 498 g/mol. The minimum Gasteiger partial charge on any atom is -0.465 e. The predicted octanol–water partition coefficient (Wildman–Crippen LogP) is 3.86. The molecule has 2 aromatic carbocycles. The van der Waals surface area contributed by atoms with Crippen LogP contribution in [0.15, 0.2) is 69.6 Å². The third-order valence-corrected chi connectivity index (χ3v) is 8.43. The highest BCUT2D eigenvalue weighted by Gasteiger charge is 2.21. The first-order valence-electron chi connectivity index (χ1n) is 11.1. The molecule has 0 radical (unpaired) electrons. The number of carbonyl (C=O) groups excluding carboxylic acids is 1. The predicted molar refractivity (Wildman–Crippen MR) is 143 cm³/mol. The molecule has 0 unspecified atom stereocenters. The Morgan fingerprint density at radius 2 is 1.86 bits per heavy atom. The lowest BCUT2D eigenvalue weighted by atomic mass is 10.1. The van der Waals surface area contributed by atoms with Gasteiger partial charge in [-0.25, -0.2) is 22.5 Å². The fourth-order valence-electron chi connectivity index (χ4n) is 3.87. The topological polar surface area (TPSA) is 105 Å². The molecule has 1 N–H and O–H groups in total. The van der Waals surface area contributed by atoms with Crippen LogP contribution in [-0.4, -0.2) is 61.1 Å². The van der Waals surface area contributed by atoms with Crippen molar-refractivity contribution < 1.29 is 17.9 Å². The van der Waals surface area contributed by atoms with Crippen LogP contribution in [0.2, 0.25) is 0 Å². The zero-order valence-electron chi connectivity index (χ0n) is 20.6. The van der Waals surface area contributed by atoms with Gasteiger partial charge in [0.15, 0.2) is 5.17 Å². The van der Waals surface area contributed by atoms with Crippen molar-refractivity contribution in [3.63, 3.8) is 0 Å². The number of nitrogens with zero attached hydrogens (tertiary/aromatic N) is 4. The van der Waals surface area contributed by atoms with Crippen LogP contribution in [0.3, 0.4) is 0 Å². The smallest absolute Gasteiger partial charge is 0.337 e. The van der Waals surface area contributed by atoms with Crippen LogP contribution < -0.4 is 5.43 Å². The Morgan fingerprint density at radius 1 is 1.14 bits per heavy atom. The Bertz CT molecular complexity index is 1470. The van der Waals surface area contributed by atoms with Crippen LogP contribution >= 0.6 is 11.8 Å². The minimum absolute atomic E-state index is 0.186. The SMILES string of the molecule is COC(=O)c1ccc(-n2c(C)cc(C3=NNC(=Nc4cccc(S(=O)(=O)N(C)C)c4)SC3)c2C)cc1. The highest BCUT2D eigenvalue weighted by atomic mass is 32.2. The number of amidine groups is 1. The van der Waals surface area contributed by atoms with Crippen molar-refractivity contribution in [1.82, 2.24) is 14.3 Å². The Hall–Kier alpha value is -3.41. The van der Waals surface area contributed by atoms with E-state index in [9.17, 15) is 13.2 Å². The number of aryl methyl sites for hydroxylation is 1. The molecule has 1 aliphatic heterocycles. The van der Waals surface area contributed by atoms with Gasteiger partial charge in [-0.15, -0.1) is 0 Å². The van der Waals surface area contributed by atoms with Crippen molar-refractivity contribution in [2.45, 2.75) is 18.7 Å². The van der Waals surface area contributed by atoms with Gasteiger partial charge in [0.1, 0.15) is 0 Å². The first-order valence-corrected chi connectivity index (χ1v) is 13.5. The molecule has 0 amide bonds. The summed E-state index contributed by atoms with van der Waals surface area (Å²) in [5, 5.41) is 5.14. The lowest BCUT2D eigenvalue weighted by Crippen LogP contribution is -2.25. The van der Waals surface area contributed by atoms with E-state index < -0.39 is 10.0 Å².